The van der Waals surface area contributed by atoms with Gasteiger partial charge in [0.1, 0.15) is 6.54 Å². The number of carbonyl (C=O) groups is 2. The first-order chi connectivity index (χ1) is 10.5. The minimum atomic E-state index is -0.983. The molecule has 1 aliphatic carbocycles. The van der Waals surface area contributed by atoms with Crippen LogP contribution in [0.3, 0.4) is 0 Å². The highest BCUT2D eigenvalue weighted by Crippen LogP contribution is 2.28. The normalized spacial score (nSPS) is 13.9. The van der Waals surface area contributed by atoms with E-state index in [1.807, 2.05) is 25.3 Å². The van der Waals surface area contributed by atoms with E-state index < -0.39 is 5.97 Å². The summed E-state index contributed by atoms with van der Waals surface area (Å²) >= 11 is 0. The number of amides is 1. The summed E-state index contributed by atoms with van der Waals surface area (Å²) in [5.74, 6) is -1.21. The zero-order chi connectivity index (χ0) is 15.7. The Morgan fingerprint density at radius 2 is 2.00 bits per heavy atom. The third-order valence-electron chi connectivity index (χ3n) is 3.64. The van der Waals surface area contributed by atoms with Crippen molar-refractivity contribution < 1.29 is 14.7 Å². The molecule has 1 saturated carbocycles. The average Bonchev–Trinajstić information content (AvgIpc) is 3.25. The van der Waals surface area contributed by atoms with Crippen LogP contribution in [0, 0.1) is 6.92 Å². The first kappa shape index (κ1) is 14.3. The first-order valence-corrected chi connectivity index (χ1v) is 7.19. The van der Waals surface area contributed by atoms with Crippen LogP contribution in [0.2, 0.25) is 0 Å². The van der Waals surface area contributed by atoms with Gasteiger partial charge in [0.2, 0.25) is 0 Å². The summed E-state index contributed by atoms with van der Waals surface area (Å²) in [6, 6.07) is 7.12. The molecule has 1 fully saturated rings. The van der Waals surface area contributed by atoms with Crippen molar-refractivity contribution >= 4 is 11.9 Å². The summed E-state index contributed by atoms with van der Waals surface area (Å²) in [7, 11) is 0. The lowest BCUT2D eigenvalue weighted by Gasteiger charge is -2.20. The average molecular weight is 299 g/mol. The molecule has 1 aliphatic rings. The van der Waals surface area contributed by atoms with Gasteiger partial charge in [-0.05, 0) is 49.6 Å². The quantitative estimate of drug-likeness (QED) is 0.914. The second kappa shape index (κ2) is 5.63. The van der Waals surface area contributed by atoms with E-state index in [0.717, 1.165) is 24.1 Å². The molecule has 0 spiro atoms. The van der Waals surface area contributed by atoms with Crippen LogP contribution in [0.5, 0.6) is 0 Å². The lowest BCUT2D eigenvalue weighted by molar-refractivity contribution is -0.137. The summed E-state index contributed by atoms with van der Waals surface area (Å²) in [5, 5.41) is 13.2. The van der Waals surface area contributed by atoms with Crippen LogP contribution in [0.15, 0.2) is 36.7 Å². The van der Waals surface area contributed by atoms with Crippen LogP contribution >= 0.6 is 0 Å². The van der Waals surface area contributed by atoms with Gasteiger partial charge in [-0.25, -0.2) is 4.68 Å². The second-order valence-electron chi connectivity index (χ2n) is 5.57. The highest BCUT2D eigenvalue weighted by atomic mass is 16.4. The summed E-state index contributed by atoms with van der Waals surface area (Å²) in [5.41, 5.74) is 2.42. The maximum absolute atomic E-state index is 12.5. The number of carbonyl (C=O) groups excluding carboxylic acids is 1. The lowest BCUT2D eigenvalue weighted by atomic mass is 10.1. The molecule has 2 aromatic rings. The lowest BCUT2D eigenvalue weighted by Crippen LogP contribution is -2.37. The molecule has 1 heterocycles. The third kappa shape index (κ3) is 3.00. The van der Waals surface area contributed by atoms with Crippen molar-refractivity contribution in [2.24, 2.45) is 0 Å². The Labute approximate surface area is 128 Å². The maximum Gasteiger partial charge on any atom is 0.323 e. The Morgan fingerprint density at radius 3 is 2.50 bits per heavy atom. The van der Waals surface area contributed by atoms with Gasteiger partial charge in [-0.3, -0.25) is 9.59 Å². The van der Waals surface area contributed by atoms with Crippen LogP contribution in [0.25, 0.3) is 5.69 Å². The molecule has 3 rings (SSSR count). The number of carboxylic acid groups (broad SMARTS) is 1. The zero-order valence-electron chi connectivity index (χ0n) is 12.3. The minimum absolute atomic E-state index is 0.0667. The van der Waals surface area contributed by atoms with Gasteiger partial charge < -0.3 is 10.0 Å². The molecule has 0 saturated heterocycles. The Morgan fingerprint density at radius 1 is 1.32 bits per heavy atom. The van der Waals surface area contributed by atoms with Crippen LogP contribution in [-0.2, 0) is 4.79 Å². The molecule has 0 radical (unpaired) electrons. The van der Waals surface area contributed by atoms with Gasteiger partial charge >= 0.3 is 5.97 Å². The van der Waals surface area contributed by atoms with Crippen LogP contribution in [-0.4, -0.2) is 44.3 Å². The predicted molar refractivity (Wildman–Crippen MR) is 80.0 cm³/mol. The number of hydrogen-bond donors (Lipinski definition) is 1. The fraction of sp³-hybridized carbons (Fsp3) is 0.312. The number of aryl methyl sites for hydroxylation is 1. The molecule has 0 bridgehead atoms. The highest BCUT2D eigenvalue weighted by Gasteiger charge is 2.34. The SMILES string of the molecule is Cc1cnn(-c2ccc(C(=O)N(CC(=O)O)C3CC3)cc2)c1. The summed E-state index contributed by atoms with van der Waals surface area (Å²) in [6.45, 7) is 1.71. The van der Waals surface area contributed by atoms with E-state index in [4.69, 9.17) is 5.11 Å². The number of aliphatic carboxylic acids is 1. The minimum Gasteiger partial charge on any atom is -0.480 e. The molecule has 114 valence electrons. The van der Waals surface area contributed by atoms with Gasteiger partial charge in [0.15, 0.2) is 0 Å². The van der Waals surface area contributed by atoms with Crippen molar-refractivity contribution in [1.29, 1.82) is 0 Å². The Balaban J connectivity index is 1.79. The summed E-state index contributed by atoms with van der Waals surface area (Å²) in [4.78, 5) is 24.8. The molecule has 0 atom stereocenters. The zero-order valence-corrected chi connectivity index (χ0v) is 12.3. The van der Waals surface area contributed by atoms with E-state index in [-0.39, 0.29) is 18.5 Å². The van der Waals surface area contributed by atoms with Crippen LogP contribution in [0.4, 0.5) is 0 Å². The summed E-state index contributed by atoms with van der Waals surface area (Å²) in [6.07, 6.45) is 5.42. The molecule has 1 N–H and O–H groups in total. The second-order valence-corrected chi connectivity index (χ2v) is 5.57. The monoisotopic (exact) mass is 299 g/mol. The summed E-state index contributed by atoms with van der Waals surface area (Å²) < 4.78 is 1.74. The van der Waals surface area contributed by atoms with Gasteiger partial charge in [-0.15, -0.1) is 0 Å². The molecule has 1 aromatic carbocycles. The molecule has 22 heavy (non-hydrogen) atoms. The van der Waals surface area contributed by atoms with Gasteiger partial charge in [-0.2, -0.15) is 5.10 Å². The van der Waals surface area contributed by atoms with Crippen molar-refractivity contribution in [3.8, 4) is 5.69 Å². The molecule has 1 aromatic heterocycles. The standard InChI is InChI=1S/C16H17N3O3/c1-11-8-17-19(9-11)14-4-2-12(3-5-14)16(22)18(10-15(20)21)13-6-7-13/h2-5,8-9,13H,6-7,10H2,1H3,(H,20,21). The first-order valence-electron chi connectivity index (χ1n) is 7.19. The topological polar surface area (TPSA) is 75.4 Å². The Bertz CT molecular complexity index is 702. The molecule has 1 amide bonds. The van der Waals surface area contributed by atoms with E-state index in [0.29, 0.717) is 5.56 Å². The molecule has 6 nitrogen and oxygen atoms in total. The fourth-order valence-electron chi connectivity index (χ4n) is 2.38. The van der Waals surface area contributed by atoms with Crippen LogP contribution in [0.1, 0.15) is 28.8 Å². The van der Waals surface area contributed by atoms with Crippen molar-refractivity contribution in [2.75, 3.05) is 6.54 Å². The number of aromatic nitrogens is 2. The van der Waals surface area contributed by atoms with Gasteiger partial charge in [0.25, 0.3) is 5.91 Å². The molecular weight excluding hydrogens is 282 g/mol. The smallest absolute Gasteiger partial charge is 0.323 e. The Hall–Kier alpha value is -2.63. The van der Waals surface area contributed by atoms with Crippen molar-refractivity contribution in [1.82, 2.24) is 14.7 Å². The largest absolute Gasteiger partial charge is 0.480 e. The van der Waals surface area contributed by atoms with Gasteiger partial charge in [0.05, 0.1) is 11.9 Å². The fourth-order valence-corrected chi connectivity index (χ4v) is 2.38. The van der Waals surface area contributed by atoms with E-state index >= 15 is 0 Å². The van der Waals surface area contributed by atoms with Gasteiger partial charge in [-0.1, -0.05) is 0 Å². The molecule has 0 unspecified atom stereocenters. The van der Waals surface area contributed by atoms with E-state index in [2.05, 4.69) is 5.10 Å². The number of hydrogen-bond acceptors (Lipinski definition) is 3. The molecular formula is C16H17N3O3. The van der Waals surface area contributed by atoms with E-state index in [1.165, 1.54) is 4.90 Å². The van der Waals surface area contributed by atoms with Crippen molar-refractivity contribution in [3.63, 3.8) is 0 Å². The molecule has 6 heteroatoms. The third-order valence-corrected chi connectivity index (χ3v) is 3.64. The number of benzene rings is 1. The number of nitrogens with zero attached hydrogens (tertiary/aromatic N) is 3. The maximum atomic E-state index is 12.5. The van der Waals surface area contributed by atoms with Gasteiger partial charge in [0, 0.05) is 17.8 Å². The van der Waals surface area contributed by atoms with E-state index in [9.17, 15) is 9.59 Å². The van der Waals surface area contributed by atoms with Crippen molar-refractivity contribution in [2.45, 2.75) is 25.8 Å². The van der Waals surface area contributed by atoms with Crippen LogP contribution < -0.4 is 0 Å². The number of rotatable bonds is 5. The highest BCUT2D eigenvalue weighted by molar-refractivity contribution is 5.96. The predicted octanol–water partition coefficient (Wildman–Crippen LogP) is 1.87. The number of carboxylic acids is 1. The van der Waals surface area contributed by atoms with Crippen molar-refractivity contribution in [3.05, 3.63) is 47.8 Å². The van der Waals surface area contributed by atoms with E-state index in [1.54, 1.807) is 23.0 Å². The Kier molecular flexibility index (Phi) is 3.66. The molecule has 0 aliphatic heterocycles.